The Morgan fingerprint density at radius 3 is 2.73 bits per heavy atom. The third kappa shape index (κ3) is 4.02. The van der Waals surface area contributed by atoms with Gasteiger partial charge < -0.3 is 18.7 Å². The number of nitrogens with zero attached hydrogens (tertiary/aromatic N) is 2. The summed E-state index contributed by atoms with van der Waals surface area (Å²) in [5, 5.41) is 3.90. The van der Waals surface area contributed by atoms with Crippen molar-refractivity contribution in [2.75, 3.05) is 14.2 Å². The number of hydrogen-bond acceptors (Lipinski definition) is 7. The molecule has 8 heteroatoms. The molecule has 0 aliphatic carbocycles. The van der Waals surface area contributed by atoms with Crippen LogP contribution in [0, 0.1) is 0 Å². The van der Waals surface area contributed by atoms with Gasteiger partial charge in [-0.3, -0.25) is 0 Å². The maximum atomic E-state index is 12.3. The molecule has 0 amide bonds. The molecular formula is C18H15BrN2O5. The number of carbonyl (C=O) groups excluding carboxylic acids is 1. The highest BCUT2D eigenvalue weighted by Crippen LogP contribution is 2.25. The summed E-state index contributed by atoms with van der Waals surface area (Å²) in [6, 6.07) is 12.3. The van der Waals surface area contributed by atoms with E-state index in [1.54, 1.807) is 18.2 Å². The number of hydrogen-bond donors (Lipinski definition) is 0. The number of benzene rings is 2. The lowest BCUT2D eigenvalue weighted by atomic mass is 10.2. The summed E-state index contributed by atoms with van der Waals surface area (Å²) in [6.07, 6.45) is 0. The van der Waals surface area contributed by atoms with Gasteiger partial charge in [0.1, 0.15) is 17.1 Å². The topological polar surface area (TPSA) is 83.7 Å². The average Bonchev–Trinajstić information content (AvgIpc) is 3.14. The molecule has 26 heavy (non-hydrogen) atoms. The lowest BCUT2D eigenvalue weighted by molar-refractivity contribution is 0.0426. The van der Waals surface area contributed by atoms with Gasteiger partial charge in [-0.25, -0.2) is 4.79 Å². The maximum Gasteiger partial charge on any atom is 0.342 e. The van der Waals surface area contributed by atoms with Gasteiger partial charge in [0.05, 0.1) is 14.2 Å². The van der Waals surface area contributed by atoms with Gasteiger partial charge in [0.15, 0.2) is 6.61 Å². The van der Waals surface area contributed by atoms with E-state index in [4.69, 9.17) is 18.7 Å². The molecule has 0 radical (unpaired) electrons. The highest BCUT2D eigenvalue weighted by Gasteiger charge is 2.17. The zero-order valence-corrected chi connectivity index (χ0v) is 15.6. The fourth-order valence-electron chi connectivity index (χ4n) is 2.23. The first-order valence-corrected chi connectivity index (χ1v) is 8.37. The zero-order chi connectivity index (χ0) is 18.5. The normalized spacial score (nSPS) is 10.4. The van der Waals surface area contributed by atoms with E-state index in [0.29, 0.717) is 17.3 Å². The summed E-state index contributed by atoms with van der Waals surface area (Å²) in [5.41, 5.74) is 1.07. The highest BCUT2D eigenvalue weighted by atomic mass is 79.9. The van der Waals surface area contributed by atoms with Crippen LogP contribution in [0.1, 0.15) is 16.2 Å². The van der Waals surface area contributed by atoms with E-state index >= 15 is 0 Å². The monoisotopic (exact) mass is 418 g/mol. The number of carbonyl (C=O) groups is 1. The molecule has 134 valence electrons. The summed E-state index contributed by atoms with van der Waals surface area (Å²) in [5.74, 6) is 0.982. The summed E-state index contributed by atoms with van der Waals surface area (Å²) < 4.78 is 21.6. The summed E-state index contributed by atoms with van der Waals surface area (Å²) in [7, 11) is 3.00. The highest BCUT2D eigenvalue weighted by molar-refractivity contribution is 9.10. The SMILES string of the molecule is COc1ccc(C(=O)OCc2nc(-c3cccc(Br)c3)no2)c(OC)c1. The van der Waals surface area contributed by atoms with Crippen LogP contribution in [0.15, 0.2) is 51.5 Å². The van der Waals surface area contributed by atoms with Crippen LogP contribution in [-0.2, 0) is 11.3 Å². The predicted octanol–water partition coefficient (Wildman–Crippen LogP) is 3.87. The third-order valence-electron chi connectivity index (χ3n) is 3.51. The van der Waals surface area contributed by atoms with E-state index in [1.807, 2.05) is 24.3 Å². The van der Waals surface area contributed by atoms with E-state index in [9.17, 15) is 4.79 Å². The Balaban J connectivity index is 1.69. The van der Waals surface area contributed by atoms with Gasteiger partial charge in [-0.2, -0.15) is 4.98 Å². The van der Waals surface area contributed by atoms with Gasteiger partial charge >= 0.3 is 5.97 Å². The zero-order valence-electron chi connectivity index (χ0n) is 14.1. The molecule has 0 fully saturated rings. The van der Waals surface area contributed by atoms with Crippen molar-refractivity contribution in [1.82, 2.24) is 10.1 Å². The Kier molecular flexibility index (Phi) is 5.52. The molecule has 0 aliphatic rings. The molecular weight excluding hydrogens is 404 g/mol. The van der Waals surface area contributed by atoms with Crippen LogP contribution >= 0.6 is 15.9 Å². The molecule has 2 aromatic carbocycles. The van der Waals surface area contributed by atoms with Gasteiger partial charge in [0, 0.05) is 16.1 Å². The Morgan fingerprint density at radius 1 is 1.15 bits per heavy atom. The fraction of sp³-hybridized carbons (Fsp3) is 0.167. The van der Waals surface area contributed by atoms with E-state index in [1.165, 1.54) is 14.2 Å². The molecule has 0 unspecified atom stereocenters. The van der Waals surface area contributed by atoms with Crippen LogP contribution in [0.4, 0.5) is 0 Å². The lowest BCUT2D eigenvalue weighted by Crippen LogP contribution is -2.07. The van der Waals surface area contributed by atoms with Crippen molar-refractivity contribution in [3.63, 3.8) is 0 Å². The maximum absolute atomic E-state index is 12.3. The van der Waals surface area contributed by atoms with Crippen molar-refractivity contribution in [1.29, 1.82) is 0 Å². The van der Waals surface area contributed by atoms with Crippen molar-refractivity contribution in [2.24, 2.45) is 0 Å². The van der Waals surface area contributed by atoms with Crippen molar-refractivity contribution in [3.05, 3.63) is 58.4 Å². The number of ether oxygens (including phenoxy) is 3. The lowest BCUT2D eigenvalue weighted by Gasteiger charge is -2.09. The second kappa shape index (κ2) is 8.01. The molecule has 0 N–H and O–H groups in total. The minimum atomic E-state index is -0.563. The number of methoxy groups -OCH3 is 2. The van der Waals surface area contributed by atoms with Crippen LogP contribution in [-0.4, -0.2) is 30.3 Å². The first-order chi connectivity index (χ1) is 12.6. The molecule has 0 aliphatic heterocycles. The summed E-state index contributed by atoms with van der Waals surface area (Å²) >= 11 is 3.39. The molecule has 3 rings (SSSR count). The smallest absolute Gasteiger partial charge is 0.342 e. The minimum absolute atomic E-state index is 0.144. The molecule has 0 bridgehead atoms. The Bertz CT molecular complexity index is 925. The number of aromatic nitrogens is 2. The first-order valence-electron chi connectivity index (χ1n) is 7.58. The van der Waals surface area contributed by atoms with Crippen molar-refractivity contribution >= 4 is 21.9 Å². The standard InChI is InChI=1S/C18H15BrN2O5/c1-23-13-6-7-14(15(9-13)24-2)18(22)25-10-16-20-17(21-26-16)11-4-3-5-12(19)8-11/h3-9H,10H2,1-2H3. The molecule has 3 aromatic rings. The minimum Gasteiger partial charge on any atom is -0.497 e. The average molecular weight is 419 g/mol. The van der Waals surface area contributed by atoms with Gasteiger partial charge in [-0.1, -0.05) is 33.2 Å². The van der Waals surface area contributed by atoms with E-state index in [2.05, 4.69) is 26.1 Å². The Labute approximate surface area is 158 Å². The van der Waals surface area contributed by atoms with Crippen LogP contribution in [0.3, 0.4) is 0 Å². The summed E-state index contributed by atoms with van der Waals surface area (Å²) in [4.78, 5) is 16.5. The largest absolute Gasteiger partial charge is 0.497 e. The molecule has 0 spiro atoms. The van der Waals surface area contributed by atoms with Gasteiger partial charge in [-0.15, -0.1) is 0 Å². The van der Waals surface area contributed by atoms with Crippen molar-refractivity contribution in [3.8, 4) is 22.9 Å². The van der Waals surface area contributed by atoms with Crippen LogP contribution in [0.25, 0.3) is 11.4 Å². The first kappa shape index (κ1) is 17.9. The second-order valence-electron chi connectivity index (χ2n) is 5.16. The third-order valence-corrected chi connectivity index (χ3v) is 4.00. The molecule has 0 atom stereocenters. The predicted molar refractivity (Wildman–Crippen MR) is 96.1 cm³/mol. The van der Waals surface area contributed by atoms with Crippen LogP contribution in [0.5, 0.6) is 11.5 Å². The molecule has 1 aromatic heterocycles. The Morgan fingerprint density at radius 2 is 2.00 bits per heavy atom. The van der Waals surface area contributed by atoms with Gasteiger partial charge in [0.2, 0.25) is 5.82 Å². The van der Waals surface area contributed by atoms with Crippen molar-refractivity contribution < 1.29 is 23.5 Å². The van der Waals surface area contributed by atoms with Crippen LogP contribution < -0.4 is 9.47 Å². The van der Waals surface area contributed by atoms with E-state index in [-0.39, 0.29) is 18.1 Å². The number of esters is 1. The summed E-state index contributed by atoms with van der Waals surface area (Å²) in [6.45, 7) is -0.144. The molecule has 1 heterocycles. The quantitative estimate of drug-likeness (QED) is 0.561. The number of halogens is 1. The molecule has 7 nitrogen and oxygen atoms in total. The van der Waals surface area contributed by atoms with Crippen LogP contribution in [0.2, 0.25) is 0 Å². The van der Waals surface area contributed by atoms with Gasteiger partial charge in [-0.05, 0) is 24.3 Å². The number of rotatable bonds is 6. The van der Waals surface area contributed by atoms with E-state index in [0.717, 1.165) is 10.0 Å². The van der Waals surface area contributed by atoms with Gasteiger partial charge in [0.25, 0.3) is 5.89 Å². The molecule has 0 saturated heterocycles. The fourth-order valence-corrected chi connectivity index (χ4v) is 2.63. The molecule has 0 saturated carbocycles. The van der Waals surface area contributed by atoms with E-state index < -0.39 is 5.97 Å². The Hall–Kier alpha value is -2.87. The second-order valence-corrected chi connectivity index (χ2v) is 6.08. The van der Waals surface area contributed by atoms with Crippen molar-refractivity contribution in [2.45, 2.75) is 6.61 Å².